The monoisotopic (exact) mass is 366 g/mol. The highest BCUT2D eigenvalue weighted by atomic mass is 16.5. The average Bonchev–Trinajstić information content (AvgIpc) is 2.62. The molecule has 3 rings (SSSR count). The van der Waals surface area contributed by atoms with Crippen LogP contribution >= 0.6 is 0 Å². The molecule has 1 aliphatic rings. The smallest absolute Gasteiger partial charge is 0.227 e. The Balaban J connectivity index is 1.50. The van der Waals surface area contributed by atoms with Gasteiger partial charge < -0.3 is 10.1 Å². The van der Waals surface area contributed by atoms with Crippen molar-refractivity contribution in [2.45, 2.75) is 46.3 Å². The maximum atomic E-state index is 12.6. The number of amides is 1. The van der Waals surface area contributed by atoms with Crippen molar-refractivity contribution < 1.29 is 9.53 Å². The standard InChI is InChI=1S/C23H30N2O2/c1-17(2)27-22-9-5-8-21(15-22)24-23(26)20-10-12-25(13-11-20)16-19-7-4-6-18(3)14-19/h4-9,14-15,17,20H,10-13,16H2,1-3H3,(H,24,26). The van der Waals surface area contributed by atoms with E-state index in [2.05, 4.69) is 41.4 Å². The zero-order valence-corrected chi connectivity index (χ0v) is 16.6. The van der Waals surface area contributed by atoms with Crippen LogP contribution in [0.15, 0.2) is 48.5 Å². The van der Waals surface area contributed by atoms with Gasteiger partial charge in [0.2, 0.25) is 5.91 Å². The molecule has 0 unspecified atom stereocenters. The van der Waals surface area contributed by atoms with Crippen LogP contribution in [0.5, 0.6) is 5.75 Å². The number of likely N-dealkylation sites (tertiary alicyclic amines) is 1. The molecule has 1 amide bonds. The van der Waals surface area contributed by atoms with Crippen LogP contribution in [-0.4, -0.2) is 30.0 Å². The van der Waals surface area contributed by atoms with Crippen molar-refractivity contribution in [1.82, 2.24) is 4.90 Å². The van der Waals surface area contributed by atoms with Gasteiger partial charge in [-0.05, 0) is 64.4 Å². The van der Waals surface area contributed by atoms with Gasteiger partial charge in [0.05, 0.1) is 6.10 Å². The number of nitrogens with one attached hydrogen (secondary N) is 1. The van der Waals surface area contributed by atoms with E-state index in [-0.39, 0.29) is 17.9 Å². The Hall–Kier alpha value is -2.33. The Morgan fingerprint density at radius 2 is 1.89 bits per heavy atom. The number of rotatable bonds is 6. The van der Waals surface area contributed by atoms with Gasteiger partial charge in [0, 0.05) is 24.2 Å². The van der Waals surface area contributed by atoms with Crippen molar-refractivity contribution >= 4 is 11.6 Å². The number of nitrogens with zero attached hydrogens (tertiary/aromatic N) is 1. The minimum atomic E-state index is 0.0773. The van der Waals surface area contributed by atoms with E-state index in [1.54, 1.807) is 0 Å². The first-order valence-electron chi connectivity index (χ1n) is 9.85. The summed E-state index contributed by atoms with van der Waals surface area (Å²) in [5.41, 5.74) is 3.45. The third kappa shape index (κ3) is 5.83. The third-order valence-electron chi connectivity index (χ3n) is 4.92. The van der Waals surface area contributed by atoms with E-state index in [1.807, 2.05) is 38.1 Å². The van der Waals surface area contributed by atoms with E-state index >= 15 is 0 Å². The molecule has 0 aromatic heterocycles. The zero-order valence-electron chi connectivity index (χ0n) is 16.6. The molecule has 27 heavy (non-hydrogen) atoms. The summed E-state index contributed by atoms with van der Waals surface area (Å²) in [6, 6.07) is 16.3. The van der Waals surface area contributed by atoms with Crippen molar-refractivity contribution in [2.24, 2.45) is 5.92 Å². The maximum absolute atomic E-state index is 12.6. The quantitative estimate of drug-likeness (QED) is 0.810. The van der Waals surface area contributed by atoms with Crippen LogP contribution in [0.4, 0.5) is 5.69 Å². The van der Waals surface area contributed by atoms with E-state index in [0.717, 1.165) is 43.9 Å². The molecule has 1 aliphatic heterocycles. The minimum Gasteiger partial charge on any atom is -0.491 e. The second kappa shape index (κ2) is 9.05. The van der Waals surface area contributed by atoms with E-state index in [1.165, 1.54) is 11.1 Å². The first kappa shape index (κ1) is 19.4. The molecule has 1 N–H and O–H groups in total. The van der Waals surface area contributed by atoms with Crippen LogP contribution in [0.3, 0.4) is 0 Å². The van der Waals surface area contributed by atoms with Gasteiger partial charge in [-0.3, -0.25) is 9.69 Å². The summed E-state index contributed by atoms with van der Waals surface area (Å²) >= 11 is 0. The van der Waals surface area contributed by atoms with Gasteiger partial charge in [0.25, 0.3) is 0 Å². The number of aryl methyl sites for hydroxylation is 1. The number of hydrogen-bond donors (Lipinski definition) is 1. The lowest BCUT2D eigenvalue weighted by Crippen LogP contribution is -2.37. The number of piperidine rings is 1. The number of carbonyl (C=O) groups is 1. The summed E-state index contributed by atoms with van der Waals surface area (Å²) in [5, 5.41) is 3.06. The van der Waals surface area contributed by atoms with Gasteiger partial charge in [-0.1, -0.05) is 35.9 Å². The molecule has 4 nitrogen and oxygen atoms in total. The van der Waals surface area contributed by atoms with Crippen LogP contribution in [0.1, 0.15) is 37.8 Å². The van der Waals surface area contributed by atoms with Crippen molar-refractivity contribution in [3.05, 3.63) is 59.7 Å². The summed E-state index contributed by atoms with van der Waals surface area (Å²) in [5.74, 6) is 0.983. The first-order valence-corrected chi connectivity index (χ1v) is 9.85. The summed E-state index contributed by atoms with van der Waals surface area (Å²) in [6.07, 6.45) is 1.92. The molecular weight excluding hydrogens is 336 g/mol. The Labute approximate surface area is 162 Å². The molecule has 0 aliphatic carbocycles. The first-order chi connectivity index (χ1) is 13.0. The van der Waals surface area contributed by atoms with E-state index in [4.69, 9.17) is 4.74 Å². The SMILES string of the molecule is Cc1cccc(CN2CCC(C(=O)Nc3cccc(OC(C)C)c3)CC2)c1. The molecule has 1 saturated heterocycles. The summed E-state index contributed by atoms with van der Waals surface area (Å²) in [7, 11) is 0. The third-order valence-corrected chi connectivity index (χ3v) is 4.92. The number of carbonyl (C=O) groups excluding carboxylic acids is 1. The number of hydrogen-bond acceptors (Lipinski definition) is 3. The van der Waals surface area contributed by atoms with Crippen molar-refractivity contribution in [3.63, 3.8) is 0 Å². The Kier molecular flexibility index (Phi) is 6.51. The van der Waals surface area contributed by atoms with Crippen LogP contribution < -0.4 is 10.1 Å². The molecule has 0 bridgehead atoms. The topological polar surface area (TPSA) is 41.6 Å². The predicted molar refractivity (Wildman–Crippen MR) is 110 cm³/mol. The molecule has 1 fully saturated rings. The number of ether oxygens (including phenoxy) is 1. The summed E-state index contributed by atoms with van der Waals surface area (Å²) < 4.78 is 5.70. The van der Waals surface area contributed by atoms with Crippen molar-refractivity contribution in [3.8, 4) is 5.75 Å². The maximum Gasteiger partial charge on any atom is 0.227 e. The number of anilines is 1. The van der Waals surface area contributed by atoms with Crippen molar-refractivity contribution in [1.29, 1.82) is 0 Å². The highest BCUT2D eigenvalue weighted by Crippen LogP contribution is 2.23. The Morgan fingerprint density at radius 3 is 2.59 bits per heavy atom. The van der Waals surface area contributed by atoms with Gasteiger partial charge in [-0.25, -0.2) is 0 Å². The fourth-order valence-electron chi connectivity index (χ4n) is 3.59. The van der Waals surface area contributed by atoms with Crippen LogP contribution in [0.25, 0.3) is 0 Å². The van der Waals surface area contributed by atoms with Crippen molar-refractivity contribution in [2.75, 3.05) is 18.4 Å². The molecule has 0 radical (unpaired) electrons. The van der Waals surface area contributed by atoms with Gasteiger partial charge in [-0.2, -0.15) is 0 Å². The fraction of sp³-hybridized carbons (Fsp3) is 0.435. The zero-order chi connectivity index (χ0) is 19.2. The lowest BCUT2D eigenvalue weighted by Gasteiger charge is -2.31. The normalized spacial score (nSPS) is 15.7. The Morgan fingerprint density at radius 1 is 1.15 bits per heavy atom. The van der Waals surface area contributed by atoms with Gasteiger partial charge in [0.15, 0.2) is 0 Å². The van der Waals surface area contributed by atoms with Gasteiger partial charge in [-0.15, -0.1) is 0 Å². The number of benzene rings is 2. The summed E-state index contributed by atoms with van der Waals surface area (Å²) in [4.78, 5) is 15.1. The van der Waals surface area contributed by atoms with E-state index in [9.17, 15) is 4.79 Å². The summed E-state index contributed by atoms with van der Waals surface area (Å²) in [6.45, 7) is 9.00. The van der Waals surface area contributed by atoms with Crippen LogP contribution in [0.2, 0.25) is 0 Å². The molecular formula is C23H30N2O2. The molecule has 0 atom stereocenters. The molecule has 144 valence electrons. The average molecular weight is 367 g/mol. The van der Waals surface area contributed by atoms with Gasteiger partial charge >= 0.3 is 0 Å². The molecule has 0 spiro atoms. The minimum absolute atomic E-state index is 0.0773. The Bertz CT molecular complexity index is 764. The molecule has 2 aromatic rings. The molecule has 1 heterocycles. The largest absolute Gasteiger partial charge is 0.491 e. The second-order valence-corrected chi connectivity index (χ2v) is 7.72. The van der Waals surface area contributed by atoms with Crippen LogP contribution in [-0.2, 0) is 11.3 Å². The predicted octanol–water partition coefficient (Wildman–Crippen LogP) is 4.63. The molecule has 0 saturated carbocycles. The highest BCUT2D eigenvalue weighted by Gasteiger charge is 2.25. The molecule has 2 aromatic carbocycles. The molecule has 4 heteroatoms. The highest BCUT2D eigenvalue weighted by molar-refractivity contribution is 5.92. The van der Waals surface area contributed by atoms with E-state index < -0.39 is 0 Å². The fourth-order valence-corrected chi connectivity index (χ4v) is 3.59. The lowest BCUT2D eigenvalue weighted by molar-refractivity contribution is -0.121. The van der Waals surface area contributed by atoms with E-state index in [0.29, 0.717) is 0 Å². The van der Waals surface area contributed by atoms with Crippen LogP contribution in [0, 0.1) is 12.8 Å². The second-order valence-electron chi connectivity index (χ2n) is 7.72. The van der Waals surface area contributed by atoms with Gasteiger partial charge in [0.1, 0.15) is 5.75 Å². The lowest BCUT2D eigenvalue weighted by atomic mass is 9.95.